The Morgan fingerprint density at radius 2 is 1.79 bits per heavy atom. The summed E-state index contributed by atoms with van der Waals surface area (Å²) in [5, 5.41) is 11.2. The first kappa shape index (κ1) is 22.7. The third-order valence-electron chi connectivity index (χ3n) is 5.65. The molecule has 4 rings (SSSR count). The monoisotopic (exact) mass is 452 g/mol. The van der Waals surface area contributed by atoms with Gasteiger partial charge in [-0.25, -0.2) is 0 Å². The lowest BCUT2D eigenvalue weighted by Crippen LogP contribution is -2.35. The molecule has 0 unspecified atom stereocenters. The van der Waals surface area contributed by atoms with Crippen LogP contribution in [0.2, 0.25) is 0 Å². The number of aliphatic hydroxyl groups is 1. The van der Waals surface area contributed by atoms with Crippen LogP contribution in [0.5, 0.6) is 17.2 Å². The summed E-state index contributed by atoms with van der Waals surface area (Å²) < 4.78 is 16.7. The summed E-state index contributed by atoms with van der Waals surface area (Å²) in [5.41, 5.74) is 1.16. The number of hydrogen-bond acceptors (Lipinski definition) is 7. The van der Waals surface area contributed by atoms with Crippen molar-refractivity contribution in [2.24, 2.45) is 0 Å². The third kappa shape index (κ3) is 4.52. The van der Waals surface area contributed by atoms with Gasteiger partial charge in [-0.05, 0) is 56.9 Å². The zero-order valence-electron chi connectivity index (χ0n) is 19.0. The fraction of sp³-hybridized carbons (Fsp3) is 0.360. The molecule has 2 aromatic carbocycles. The summed E-state index contributed by atoms with van der Waals surface area (Å²) >= 11 is 0. The number of ketones is 1. The second-order valence-electron chi connectivity index (χ2n) is 8.16. The Hall–Kier alpha value is -3.52. The number of likely N-dealkylation sites (tertiary alicyclic amines) is 1. The Balaban J connectivity index is 1.79. The van der Waals surface area contributed by atoms with Crippen LogP contribution in [-0.2, 0) is 9.59 Å². The summed E-state index contributed by atoms with van der Waals surface area (Å²) in [5.74, 6) is 0.182. The second kappa shape index (κ2) is 9.54. The van der Waals surface area contributed by atoms with Crippen LogP contribution in [0, 0.1) is 0 Å². The van der Waals surface area contributed by atoms with Gasteiger partial charge in [0, 0.05) is 18.7 Å². The summed E-state index contributed by atoms with van der Waals surface area (Å²) in [6, 6.07) is 11.5. The molecular weight excluding hydrogens is 424 g/mol. The van der Waals surface area contributed by atoms with E-state index in [2.05, 4.69) is 0 Å². The maximum absolute atomic E-state index is 13.1. The van der Waals surface area contributed by atoms with Crippen molar-refractivity contribution in [3.05, 3.63) is 59.2 Å². The first-order valence-corrected chi connectivity index (χ1v) is 11.0. The first-order valence-electron chi connectivity index (χ1n) is 11.0. The van der Waals surface area contributed by atoms with Crippen molar-refractivity contribution >= 4 is 17.4 Å². The number of rotatable bonds is 7. The highest BCUT2D eigenvalue weighted by Gasteiger charge is 2.46. The molecule has 8 nitrogen and oxygen atoms in total. The lowest BCUT2D eigenvalue weighted by atomic mass is 9.95. The van der Waals surface area contributed by atoms with Gasteiger partial charge in [-0.15, -0.1) is 0 Å². The number of carbonyl (C=O) groups is 2. The molecule has 0 bridgehead atoms. The Bertz CT molecular complexity index is 1080. The van der Waals surface area contributed by atoms with Gasteiger partial charge in [-0.2, -0.15) is 0 Å². The van der Waals surface area contributed by atoms with Gasteiger partial charge in [0.1, 0.15) is 24.7 Å². The van der Waals surface area contributed by atoms with E-state index in [1.807, 2.05) is 38.1 Å². The number of fused-ring (bicyclic) bond motifs is 1. The quantitative estimate of drug-likeness (QED) is 0.393. The van der Waals surface area contributed by atoms with Gasteiger partial charge in [0.2, 0.25) is 0 Å². The summed E-state index contributed by atoms with van der Waals surface area (Å²) in [6.07, 6.45) is 0. The number of Topliss-reactive ketones (excluding diaryl/α,β-unsaturated/α-hetero) is 1. The van der Waals surface area contributed by atoms with E-state index in [1.165, 1.54) is 4.90 Å². The van der Waals surface area contributed by atoms with Crippen LogP contribution in [0.25, 0.3) is 5.76 Å². The van der Waals surface area contributed by atoms with E-state index < -0.39 is 17.7 Å². The average Bonchev–Trinajstić information content (AvgIpc) is 3.07. The maximum atomic E-state index is 13.1. The van der Waals surface area contributed by atoms with Crippen molar-refractivity contribution < 1.29 is 28.9 Å². The van der Waals surface area contributed by atoms with E-state index in [-0.39, 0.29) is 11.3 Å². The SMILES string of the molecule is CCOc1ccc([C@H]2C(=C(O)c3ccc4c(c3)OCCO4)C(=O)C(=O)N2CCN(C)C)cc1. The Morgan fingerprint density at radius 3 is 2.45 bits per heavy atom. The number of nitrogens with zero attached hydrogens (tertiary/aromatic N) is 2. The van der Waals surface area contributed by atoms with Crippen LogP contribution in [0.1, 0.15) is 24.1 Å². The highest BCUT2D eigenvalue weighted by atomic mass is 16.6. The van der Waals surface area contributed by atoms with Gasteiger partial charge in [0.15, 0.2) is 11.5 Å². The van der Waals surface area contributed by atoms with Gasteiger partial charge in [-0.3, -0.25) is 9.59 Å². The molecule has 33 heavy (non-hydrogen) atoms. The van der Waals surface area contributed by atoms with E-state index in [0.717, 1.165) is 5.56 Å². The molecule has 2 heterocycles. The number of aliphatic hydroxyl groups excluding tert-OH is 1. The van der Waals surface area contributed by atoms with E-state index in [1.54, 1.807) is 30.3 Å². The third-order valence-corrected chi connectivity index (χ3v) is 5.65. The molecule has 1 atom stereocenters. The number of amides is 1. The predicted molar refractivity (Wildman–Crippen MR) is 123 cm³/mol. The van der Waals surface area contributed by atoms with Crippen LogP contribution in [0.15, 0.2) is 48.0 Å². The van der Waals surface area contributed by atoms with Gasteiger partial charge in [0.05, 0.1) is 18.2 Å². The Labute approximate surface area is 193 Å². The molecular formula is C25H28N2O6. The number of hydrogen-bond donors (Lipinski definition) is 1. The van der Waals surface area contributed by atoms with Crippen LogP contribution >= 0.6 is 0 Å². The van der Waals surface area contributed by atoms with E-state index in [4.69, 9.17) is 14.2 Å². The molecule has 1 N–H and O–H groups in total. The normalized spacial score (nSPS) is 19.3. The molecule has 0 aromatic heterocycles. The zero-order valence-corrected chi connectivity index (χ0v) is 19.0. The minimum absolute atomic E-state index is 0.0552. The highest BCUT2D eigenvalue weighted by molar-refractivity contribution is 6.46. The number of benzene rings is 2. The number of ether oxygens (including phenoxy) is 3. The molecule has 0 radical (unpaired) electrons. The molecule has 2 aliphatic heterocycles. The van der Waals surface area contributed by atoms with Crippen molar-refractivity contribution in [2.45, 2.75) is 13.0 Å². The van der Waals surface area contributed by atoms with Gasteiger partial charge in [0.25, 0.3) is 11.7 Å². The fourth-order valence-electron chi connectivity index (χ4n) is 4.02. The van der Waals surface area contributed by atoms with Crippen LogP contribution in [0.4, 0.5) is 0 Å². The van der Waals surface area contributed by atoms with Crippen LogP contribution in [-0.4, -0.2) is 73.6 Å². The van der Waals surface area contributed by atoms with Gasteiger partial charge in [-0.1, -0.05) is 12.1 Å². The molecule has 1 fully saturated rings. The summed E-state index contributed by atoms with van der Waals surface area (Å²) in [7, 11) is 3.80. The number of likely N-dealkylation sites (N-methyl/N-ethyl adjacent to an activating group) is 1. The summed E-state index contributed by atoms with van der Waals surface area (Å²) in [6.45, 7) is 4.20. The van der Waals surface area contributed by atoms with Crippen molar-refractivity contribution in [3.8, 4) is 17.2 Å². The molecule has 1 amide bonds. The molecule has 1 saturated heterocycles. The fourth-order valence-corrected chi connectivity index (χ4v) is 4.02. The molecule has 2 aromatic rings. The summed E-state index contributed by atoms with van der Waals surface area (Å²) in [4.78, 5) is 29.6. The minimum Gasteiger partial charge on any atom is -0.507 e. The first-order chi connectivity index (χ1) is 15.9. The largest absolute Gasteiger partial charge is 0.507 e. The van der Waals surface area contributed by atoms with Crippen molar-refractivity contribution in [3.63, 3.8) is 0 Å². The zero-order chi connectivity index (χ0) is 23.5. The molecule has 0 saturated carbocycles. The van der Waals surface area contributed by atoms with E-state index in [9.17, 15) is 14.7 Å². The Morgan fingerprint density at radius 1 is 1.09 bits per heavy atom. The van der Waals surface area contributed by atoms with Crippen molar-refractivity contribution in [2.75, 3.05) is 47.0 Å². The number of carbonyl (C=O) groups excluding carboxylic acids is 2. The smallest absolute Gasteiger partial charge is 0.295 e. The van der Waals surface area contributed by atoms with Gasteiger partial charge >= 0.3 is 0 Å². The van der Waals surface area contributed by atoms with Crippen molar-refractivity contribution in [1.82, 2.24) is 9.80 Å². The predicted octanol–water partition coefficient (Wildman–Crippen LogP) is 2.84. The molecule has 8 heteroatoms. The van der Waals surface area contributed by atoms with Crippen LogP contribution in [0.3, 0.4) is 0 Å². The molecule has 2 aliphatic rings. The minimum atomic E-state index is -0.714. The average molecular weight is 453 g/mol. The standard InChI is InChI=1S/C25H28N2O6/c1-4-31-18-8-5-16(6-9-18)22-21(24(29)25(30)27(22)12-11-26(2)3)23(28)17-7-10-19-20(15-17)33-14-13-32-19/h5-10,15,22,28H,4,11-14H2,1-3H3/t22-/m0/s1. The van der Waals surface area contributed by atoms with Crippen LogP contribution < -0.4 is 14.2 Å². The Kier molecular flexibility index (Phi) is 6.55. The highest BCUT2D eigenvalue weighted by Crippen LogP contribution is 2.41. The topological polar surface area (TPSA) is 88.5 Å². The molecule has 0 aliphatic carbocycles. The second-order valence-corrected chi connectivity index (χ2v) is 8.16. The van der Waals surface area contributed by atoms with Gasteiger partial charge < -0.3 is 29.1 Å². The molecule has 0 spiro atoms. The lowest BCUT2D eigenvalue weighted by Gasteiger charge is -2.26. The molecule has 174 valence electrons. The van der Waals surface area contributed by atoms with Crippen molar-refractivity contribution in [1.29, 1.82) is 0 Å². The lowest BCUT2D eigenvalue weighted by molar-refractivity contribution is -0.140. The van der Waals surface area contributed by atoms with E-state index in [0.29, 0.717) is 55.7 Å². The maximum Gasteiger partial charge on any atom is 0.295 e. The van der Waals surface area contributed by atoms with E-state index >= 15 is 0 Å².